The number of ether oxygens (including phenoxy) is 1. The van der Waals surface area contributed by atoms with Crippen LogP contribution in [0.15, 0.2) is 11.6 Å². The quantitative estimate of drug-likeness (QED) is 0.669. The summed E-state index contributed by atoms with van der Waals surface area (Å²) in [4.78, 5) is 12.6. The Balaban J connectivity index is 2.50. The molecule has 0 bridgehead atoms. The van der Waals surface area contributed by atoms with Gasteiger partial charge >= 0.3 is 5.97 Å². The Bertz CT molecular complexity index is 277. The molecule has 0 aromatic rings. The Morgan fingerprint density at radius 2 is 2.25 bits per heavy atom. The molecule has 0 spiro atoms. The third-order valence-electron chi connectivity index (χ3n) is 2.45. The summed E-state index contributed by atoms with van der Waals surface area (Å²) in [5.74, 6) is -0.919. The van der Waals surface area contributed by atoms with Gasteiger partial charge in [-0.1, -0.05) is 5.57 Å². The lowest BCUT2D eigenvalue weighted by molar-refractivity contribution is -0.131. The lowest BCUT2D eigenvalue weighted by atomic mass is 10.2. The van der Waals surface area contributed by atoms with E-state index < -0.39 is 5.97 Å². The Hall–Kier alpha value is -0.910. The highest BCUT2D eigenvalue weighted by atomic mass is 16.5. The topological polar surface area (TPSA) is 70.0 Å². The fourth-order valence-corrected chi connectivity index (χ4v) is 1.98. The third-order valence-corrected chi connectivity index (χ3v) is 2.45. The highest BCUT2D eigenvalue weighted by molar-refractivity contribution is 5.80. The first kappa shape index (κ1) is 13.2. The molecule has 2 N–H and O–H groups in total. The number of carboxylic acid groups (broad SMARTS) is 1. The lowest BCUT2D eigenvalue weighted by Crippen LogP contribution is -2.48. The molecule has 5 nitrogen and oxygen atoms in total. The number of hydrogen-bond acceptors (Lipinski definition) is 4. The molecule has 0 aliphatic carbocycles. The molecule has 1 rings (SSSR count). The Morgan fingerprint density at radius 1 is 1.56 bits per heavy atom. The van der Waals surface area contributed by atoms with E-state index in [4.69, 9.17) is 14.9 Å². The number of aliphatic hydroxyl groups excluding tert-OH is 1. The van der Waals surface area contributed by atoms with Crippen molar-refractivity contribution in [3.05, 3.63) is 11.6 Å². The van der Waals surface area contributed by atoms with Crippen LogP contribution in [0.2, 0.25) is 0 Å². The minimum Gasteiger partial charge on any atom is -0.478 e. The molecule has 1 aliphatic heterocycles. The van der Waals surface area contributed by atoms with E-state index in [1.165, 1.54) is 6.08 Å². The van der Waals surface area contributed by atoms with Crippen molar-refractivity contribution in [1.82, 2.24) is 4.90 Å². The van der Waals surface area contributed by atoms with Gasteiger partial charge in [-0.25, -0.2) is 4.79 Å². The first-order chi connectivity index (χ1) is 7.51. The number of hydrogen-bond donors (Lipinski definition) is 2. The minimum absolute atomic E-state index is 0.00251. The van der Waals surface area contributed by atoms with Gasteiger partial charge < -0.3 is 14.9 Å². The van der Waals surface area contributed by atoms with Gasteiger partial charge in [0.2, 0.25) is 0 Å². The van der Waals surface area contributed by atoms with Gasteiger partial charge in [0, 0.05) is 25.7 Å². The number of nitrogens with zero attached hydrogens (tertiary/aromatic N) is 1. The van der Waals surface area contributed by atoms with Crippen LogP contribution in [-0.4, -0.2) is 59.5 Å². The van der Waals surface area contributed by atoms with E-state index in [-0.39, 0.29) is 18.8 Å². The van der Waals surface area contributed by atoms with E-state index in [2.05, 4.69) is 4.90 Å². The van der Waals surface area contributed by atoms with Crippen molar-refractivity contribution in [2.75, 3.05) is 26.2 Å². The van der Waals surface area contributed by atoms with Crippen LogP contribution in [0.3, 0.4) is 0 Å². The van der Waals surface area contributed by atoms with Crippen LogP contribution >= 0.6 is 0 Å². The van der Waals surface area contributed by atoms with Gasteiger partial charge in [-0.3, -0.25) is 4.90 Å². The minimum atomic E-state index is -0.919. The number of carboxylic acids is 1. The number of carbonyl (C=O) groups is 1. The molecule has 16 heavy (non-hydrogen) atoms. The molecule has 5 heteroatoms. The van der Waals surface area contributed by atoms with Gasteiger partial charge in [0.05, 0.1) is 18.8 Å². The van der Waals surface area contributed by atoms with Crippen molar-refractivity contribution < 1.29 is 19.7 Å². The maximum absolute atomic E-state index is 10.5. The molecule has 1 saturated heterocycles. The normalized spacial score (nSPS) is 28.1. The molecular formula is C11H19NO4. The van der Waals surface area contributed by atoms with Crippen LogP contribution < -0.4 is 0 Å². The summed E-state index contributed by atoms with van der Waals surface area (Å²) >= 11 is 0. The van der Waals surface area contributed by atoms with Gasteiger partial charge in [0.25, 0.3) is 0 Å². The monoisotopic (exact) mass is 229 g/mol. The molecule has 2 atom stereocenters. The maximum atomic E-state index is 10.5. The zero-order valence-electron chi connectivity index (χ0n) is 9.72. The fourth-order valence-electron chi connectivity index (χ4n) is 1.98. The summed E-state index contributed by atoms with van der Waals surface area (Å²) in [7, 11) is 0. The summed E-state index contributed by atoms with van der Waals surface area (Å²) in [5, 5.41) is 17.6. The summed E-state index contributed by atoms with van der Waals surface area (Å²) in [6.45, 7) is 5.76. The predicted octanol–water partition coefficient (Wildman–Crippen LogP) is 0.0989. The molecular weight excluding hydrogens is 210 g/mol. The number of aliphatic carboxylic acids is 1. The molecule has 1 aliphatic rings. The van der Waals surface area contributed by atoms with Crippen LogP contribution in [0, 0.1) is 0 Å². The second-order valence-corrected chi connectivity index (χ2v) is 4.27. The van der Waals surface area contributed by atoms with E-state index in [0.29, 0.717) is 13.1 Å². The van der Waals surface area contributed by atoms with Gasteiger partial charge in [-0.05, 0) is 13.8 Å². The summed E-state index contributed by atoms with van der Waals surface area (Å²) in [6.07, 6.45) is 1.12. The van der Waals surface area contributed by atoms with Crippen molar-refractivity contribution in [1.29, 1.82) is 0 Å². The average molecular weight is 229 g/mol. The zero-order chi connectivity index (χ0) is 12.1. The second-order valence-electron chi connectivity index (χ2n) is 4.27. The van der Waals surface area contributed by atoms with Crippen molar-refractivity contribution in [2.24, 2.45) is 0 Å². The highest BCUT2D eigenvalue weighted by Gasteiger charge is 2.24. The first-order valence-corrected chi connectivity index (χ1v) is 5.40. The predicted molar refractivity (Wildman–Crippen MR) is 59.3 cm³/mol. The number of rotatable bonds is 4. The lowest BCUT2D eigenvalue weighted by Gasteiger charge is -2.36. The average Bonchev–Trinajstić information content (AvgIpc) is 2.14. The molecule has 0 aromatic carbocycles. The van der Waals surface area contributed by atoms with Crippen LogP contribution in [0.25, 0.3) is 0 Å². The van der Waals surface area contributed by atoms with Crippen LogP contribution in [0.5, 0.6) is 0 Å². The van der Waals surface area contributed by atoms with Gasteiger partial charge in [0.1, 0.15) is 0 Å². The first-order valence-electron chi connectivity index (χ1n) is 5.40. The Kier molecular flexibility index (Phi) is 4.92. The smallest absolute Gasteiger partial charge is 0.328 e. The molecule has 92 valence electrons. The summed E-state index contributed by atoms with van der Waals surface area (Å²) < 4.78 is 5.50. The standard InChI is InChI=1S/C11H19NO4/c1-8(3-11(14)15)4-12-5-9(2)16-10(6-12)7-13/h3,9-10,13H,4-7H2,1-2H3,(H,14,15). The van der Waals surface area contributed by atoms with Gasteiger partial charge in [-0.15, -0.1) is 0 Å². The van der Waals surface area contributed by atoms with Crippen LogP contribution in [0.1, 0.15) is 13.8 Å². The van der Waals surface area contributed by atoms with E-state index in [9.17, 15) is 4.79 Å². The Labute approximate surface area is 95.3 Å². The van der Waals surface area contributed by atoms with E-state index >= 15 is 0 Å². The third kappa shape index (κ3) is 4.30. The number of morpholine rings is 1. The Morgan fingerprint density at radius 3 is 2.81 bits per heavy atom. The summed E-state index contributed by atoms with van der Waals surface area (Å²) in [5.41, 5.74) is 0.804. The van der Waals surface area contributed by atoms with Gasteiger partial charge in [-0.2, -0.15) is 0 Å². The molecule has 1 heterocycles. The number of aliphatic hydroxyl groups is 1. The van der Waals surface area contributed by atoms with Gasteiger partial charge in [0.15, 0.2) is 0 Å². The molecule has 0 amide bonds. The molecule has 1 fully saturated rings. The van der Waals surface area contributed by atoms with Crippen molar-refractivity contribution in [2.45, 2.75) is 26.1 Å². The second kappa shape index (κ2) is 5.98. The van der Waals surface area contributed by atoms with Crippen LogP contribution in [-0.2, 0) is 9.53 Å². The fraction of sp³-hybridized carbons (Fsp3) is 0.727. The summed E-state index contributed by atoms with van der Waals surface area (Å²) in [6, 6.07) is 0. The molecule has 0 radical (unpaired) electrons. The maximum Gasteiger partial charge on any atom is 0.328 e. The van der Waals surface area contributed by atoms with Crippen molar-refractivity contribution in [3.63, 3.8) is 0 Å². The molecule has 2 unspecified atom stereocenters. The zero-order valence-corrected chi connectivity index (χ0v) is 9.72. The van der Waals surface area contributed by atoms with Crippen LogP contribution in [0.4, 0.5) is 0 Å². The highest BCUT2D eigenvalue weighted by Crippen LogP contribution is 2.12. The van der Waals surface area contributed by atoms with E-state index in [1.807, 2.05) is 6.92 Å². The molecule has 0 aromatic heterocycles. The molecule has 0 saturated carbocycles. The van der Waals surface area contributed by atoms with Crippen molar-refractivity contribution in [3.8, 4) is 0 Å². The largest absolute Gasteiger partial charge is 0.478 e. The van der Waals surface area contributed by atoms with E-state index in [0.717, 1.165) is 12.1 Å². The van der Waals surface area contributed by atoms with E-state index in [1.54, 1.807) is 6.92 Å². The van der Waals surface area contributed by atoms with Crippen molar-refractivity contribution >= 4 is 5.97 Å². The SMILES string of the molecule is CC(=CC(=O)O)CN1CC(C)OC(CO)C1.